The molecule has 13 heavy (non-hydrogen) atoms. The Bertz CT molecular complexity index is 206. The minimum absolute atomic E-state index is 0.0605. The smallest absolute Gasteiger partial charge is 0.306 e. The minimum atomic E-state index is -0.0605. The third-order valence-electron chi connectivity index (χ3n) is 2.21. The van der Waals surface area contributed by atoms with Gasteiger partial charge in [0.25, 0.3) is 0 Å². The molecule has 0 aromatic heterocycles. The lowest BCUT2D eigenvalue weighted by atomic mass is 10.1. The van der Waals surface area contributed by atoms with Crippen molar-refractivity contribution in [2.45, 2.75) is 45.6 Å². The molecule has 1 saturated carbocycles. The number of hydrogen-bond donors (Lipinski definition) is 0. The molecule has 0 bridgehead atoms. The first kappa shape index (κ1) is 10.3. The Balaban J connectivity index is 2.24. The van der Waals surface area contributed by atoms with Gasteiger partial charge >= 0.3 is 5.97 Å². The molecule has 0 aliphatic heterocycles. The summed E-state index contributed by atoms with van der Waals surface area (Å²) in [5, 5.41) is 0. The summed E-state index contributed by atoms with van der Waals surface area (Å²) < 4.78 is 5.29. The molecule has 0 radical (unpaired) electrons. The van der Waals surface area contributed by atoms with Crippen LogP contribution in [0.3, 0.4) is 0 Å². The van der Waals surface area contributed by atoms with Crippen molar-refractivity contribution in [3.05, 3.63) is 12.2 Å². The fraction of sp³-hybridized carbons (Fsp3) is 0.727. The molecule has 1 aliphatic rings. The fourth-order valence-electron chi connectivity index (χ4n) is 1.56. The van der Waals surface area contributed by atoms with Crippen LogP contribution in [0.15, 0.2) is 12.2 Å². The molecule has 0 saturated heterocycles. The average molecular weight is 182 g/mol. The molecule has 0 aromatic carbocycles. The first-order valence-electron chi connectivity index (χ1n) is 4.94. The van der Waals surface area contributed by atoms with Crippen LogP contribution in [0.25, 0.3) is 0 Å². The second-order valence-corrected chi connectivity index (χ2v) is 4.20. The van der Waals surface area contributed by atoms with Crippen LogP contribution >= 0.6 is 0 Å². The number of hydrogen-bond acceptors (Lipinski definition) is 2. The van der Waals surface area contributed by atoms with Gasteiger partial charge in [0.05, 0.1) is 0 Å². The second-order valence-electron chi connectivity index (χ2n) is 4.20. The van der Waals surface area contributed by atoms with Gasteiger partial charge < -0.3 is 4.74 Å². The number of ether oxygens (including phenoxy) is 1. The lowest BCUT2D eigenvalue weighted by Gasteiger charge is -2.11. The van der Waals surface area contributed by atoms with Crippen LogP contribution in [0.1, 0.15) is 39.5 Å². The third kappa shape index (κ3) is 3.62. The van der Waals surface area contributed by atoms with Crippen molar-refractivity contribution in [2.75, 3.05) is 0 Å². The van der Waals surface area contributed by atoms with Crippen LogP contribution in [0.2, 0.25) is 0 Å². The van der Waals surface area contributed by atoms with Gasteiger partial charge in [-0.3, -0.25) is 4.79 Å². The molecular weight excluding hydrogens is 164 g/mol. The van der Waals surface area contributed by atoms with E-state index in [0.717, 1.165) is 19.3 Å². The zero-order valence-corrected chi connectivity index (χ0v) is 8.51. The number of carbonyl (C=O) groups excluding carboxylic acids is 1. The van der Waals surface area contributed by atoms with Gasteiger partial charge in [-0.15, -0.1) is 0 Å². The Labute approximate surface area is 80.0 Å². The maximum absolute atomic E-state index is 11.3. The van der Waals surface area contributed by atoms with E-state index in [1.54, 1.807) is 0 Å². The highest BCUT2D eigenvalue weighted by molar-refractivity contribution is 5.69. The predicted octanol–water partition coefficient (Wildman–Crippen LogP) is 2.68. The highest BCUT2D eigenvalue weighted by atomic mass is 16.5. The van der Waals surface area contributed by atoms with E-state index in [1.807, 2.05) is 13.8 Å². The summed E-state index contributed by atoms with van der Waals surface area (Å²) in [7, 11) is 0. The van der Waals surface area contributed by atoms with Gasteiger partial charge in [-0.25, -0.2) is 0 Å². The molecule has 2 heteroatoms. The molecule has 0 N–H and O–H groups in total. The minimum Gasteiger partial charge on any atom is -0.462 e. The maximum atomic E-state index is 11.3. The summed E-state index contributed by atoms with van der Waals surface area (Å²) in [5.41, 5.74) is 1.21. The van der Waals surface area contributed by atoms with Gasteiger partial charge in [0.1, 0.15) is 6.10 Å². The van der Waals surface area contributed by atoms with E-state index in [9.17, 15) is 4.79 Å². The molecule has 2 nitrogen and oxygen atoms in total. The molecular formula is C11H18O2. The van der Waals surface area contributed by atoms with E-state index in [1.165, 1.54) is 5.57 Å². The zero-order chi connectivity index (χ0) is 9.84. The molecule has 1 atom stereocenters. The van der Waals surface area contributed by atoms with Gasteiger partial charge in [0.15, 0.2) is 0 Å². The molecule has 74 valence electrons. The van der Waals surface area contributed by atoms with E-state index >= 15 is 0 Å². The molecule has 0 aromatic rings. The summed E-state index contributed by atoms with van der Waals surface area (Å²) in [4.78, 5) is 11.3. The fourth-order valence-corrected chi connectivity index (χ4v) is 1.56. The number of carbonyl (C=O) groups is 1. The van der Waals surface area contributed by atoms with E-state index in [2.05, 4.69) is 6.58 Å². The van der Waals surface area contributed by atoms with Crippen molar-refractivity contribution in [1.29, 1.82) is 0 Å². The SMILES string of the molecule is C=C1CCC(OC(=O)CC(C)C)C1. The molecule has 1 fully saturated rings. The monoisotopic (exact) mass is 182 g/mol. The van der Waals surface area contributed by atoms with Crippen molar-refractivity contribution >= 4 is 5.97 Å². The standard InChI is InChI=1S/C11H18O2/c1-8(2)6-11(12)13-10-5-4-9(3)7-10/h8,10H,3-7H2,1-2H3. The average Bonchev–Trinajstić information content (AvgIpc) is 2.33. The lowest BCUT2D eigenvalue weighted by Crippen LogP contribution is -2.16. The van der Waals surface area contributed by atoms with Crippen LogP contribution in [0.4, 0.5) is 0 Å². The summed E-state index contributed by atoms with van der Waals surface area (Å²) in [6.07, 6.45) is 3.48. The van der Waals surface area contributed by atoms with Crippen molar-refractivity contribution < 1.29 is 9.53 Å². The van der Waals surface area contributed by atoms with E-state index in [-0.39, 0.29) is 12.1 Å². The highest BCUT2D eigenvalue weighted by Gasteiger charge is 2.21. The summed E-state index contributed by atoms with van der Waals surface area (Å²) >= 11 is 0. The highest BCUT2D eigenvalue weighted by Crippen LogP contribution is 2.25. The quantitative estimate of drug-likeness (QED) is 0.495. The van der Waals surface area contributed by atoms with Crippen LogP contribution < -0.4 is 0 Å². The Kier molecular flexibility index (Phi) is 3.52. The summed E-state index contributed by atoms with van der Waals surface area (Å²) in [6.45, 7) is 7.93. The van der Waals surface area contributed by atoms with Crippen LogP contribution in [0.5, 0.6) is 0 Å². The van der Waals surface area contributed by atoms with Crippen molar-refractivity contribution in [3.8, 4) is 0 Å². The van der Waals surface area contributed by atoms with Gasteiger partial charge in [0.2, 0.25) is 0 Å². The first-order valence-corrected chi connectivity index (χ1v) is 4.94. The van der Waals surface area contributed by atoms with Crippen LogP contribution in [0, 0.1) is 5.92 Å². The van der Waals surface area contributed by atoms with Crippen LogP contribution in [-0.4, -0.2) is 12.1 Å². The number of rotatable bonds is 3. The molecule has 1 unspecified atom stereocenters. The van der Waals surface area contributed by atoms with Gasteiger partial charge in [-0.2, -0.15) is 0 Å². The summed E-state index contributed by atoms with van der Waals surface area (Å²) in [5.74, 6) is 0.326. The van der Waals surface area contributed by atoms with E-state index in [4.69, 9.17) is 4.74 Å². The topological polar surface area (TPSA) is 26.3 Å². The Hall–Kier alpha value is -0.790. The van der Waals surface area contributed by atoms with Gasteiger partial charge in [0, 0.05) is 12.8 Å². The third-order valence-corrected chi connectivity index (χ3v) is 2.21. The molecule has 0 spiro atoms. The zero-order valence-electron chi connectivity index (χ0n) is 8.51. The normalized spacial score (nSPS) is 22.4. The Morgan fingerprint density at radius 1 is 1.69 bits per heavy atom. The van der Waals surface area contributed by atoms with Gasteiger partial charge in [-0.05, 0) is 18.8 Å². The molecule has 0 amide bonds. The van der Waals surface area contributed by atoms with Crippen LogP contribution in [-0.2, 0) is 9.53 Å². The lowest BCUT2D eigenvalue weighted by molar-refractivity contribution is -0.149. The van der Waals surface area contributed by atoms with Crippen molar-refractivity contribution in [1.82, 2.24) is 0 Å². The summed E-state index contributed by atoms with van der Waals surface area (Å²) in [6, 6.07) is 0. The van der Waals surface area contributed by atoms with Crippen molar-refractivity contribution in [2.24, 2.45) is 5.92 Å². The second kappa shape index (κ2) is 4.45. The first-order chi connectivity index (χ1) is 6.08. The Morgan fingerprint density at radius 3 is 2.85 bits per heavy atom. The maximum Gasteiger partial charge on any atom is 0.306 e. The Morgan fingerprint density at radius 2 is 2.38 bits per heavy atom. The van der Waals surface area contributed by atoms with E-state index in [0.29, 0.717) is 12.3 Å². The largest absolute Gasteiger partial charge is 0.462 e. The molecule has 1 rings (SSSR count). The van der Waals surface area contributed by atoms with E-state index < -0.39 is 0 Å². The number of esters is 1. The van der Waals surface area contributed by atoms with Gasteiger partial charge in [-0.1, -0.05) is 26.0 Å². The predicted molar refractivity (Wildman–Crippen MR) is 52.3 cm³/mol. The molecule has 1 aliphatic carbocycles. The molecule has 0 heterocycles. The van der Waals surface area contributed by atoms with Crippen molar-refractivity contribution in [3.63, 3.8) is 0 Å².